The molecule has 0 aliphatic carbocycles. The van der Waals surface area contributed by atoms with Crippen LogP contribution in [0.25, 0.3) is 0 Å². The Bertz CT molecular complexity index is 1330. The van der Waals surface area contributed by atoms with Gasteiger partial charge in [0.05, 0.1) is 7.11 Å². The van der Waals surface area contributed by atoms with Gasteiger partial charge in [-0.15, -0.1) is 0 Å². The number of nitrogens with one attached hydrogen (secondary N) is 1. The third-order valence-electron chi connectivity index (χ3n) is 7.17. The summed E-state index contributed by atoms with van der Waals surface area (Å²) in [7, 11) is 1.40. The van der Waals surface area contributed by atoms with Gasteiger partial charge in [-0.3, -0.25) is 9.59 Å². The van der Waals surface area contributed by atoms with E-state index in [0.29, 0.717) is 11.8 Å². The molecule has 9 heteroatoms. The Labute approximate surface area is 253 Å². The lowest BCUT2D eigenvalue weighted by molar-refractivity contribution is -0.151. The first-order valence-corrected chi connectivity index (χ1v) is 14.4. The second-order valence-corrected chi connectivity index (χ2v) is 11.0. The molecule has 43 heavy (non-hydrogen) atoms. The van der Waals surface area contributed by atoms with Crippen LogP contribution < -0.4 is 14.8 Å². The fraction of sp³-hybridized carbons (Fsp3) is 0.412. The minimum atomic E-state index is -1.00. The molecule has 9 nitrogen and oxygen atoms in total. The summed E-state index contributed by atoms with van der Waals surface area (Å²) in [5.74, 6) is -1.08. The van der Waals surface area contributed by atoms with E-state index in [9.17, 15) is 14.4 Å². The van der Waals surface area contributed by atoms with Crippen LogP contribution in [-0.4, -0.2) is 48.9 Å². The smallest absolute Gasteiger partial charge is 0.328 e. The quantitative estimate of drug-likeness (QED) is 0.187. The number of carbonyl (C=O) groups excluding carboxylic acids is 3. The van der Waals surface area contributed by atoms with Gasteiger partial charge in [-0.05, 0) is 47.9 Å². The predicted octanol–water partition coefficient (Wildman–Crippen LogP) is 6.12. The maximum absolute atomic E-state index is 13.3. The Hall–Kier alpha value is -4.40. The molecule has 0 aliphatic heterocycles. The number of hydrogen-bond acceptors (Lipinski definition) is 8. The summed E-state index contributed by atoms with van der Waals surface area (Å²) >= 11 is 0. The zero-order valence-corrected chi connectivity index (χ0v) is 26.2. The van der Waals surface area contributed by atoms with Crippen molar-refractivity contribution in [2.24, 2.45) is 0 Å². The summed E-state index contributed by atoms with van der Waals surface area (Å²) in [5, 5.41) is 2.63. The number of methoxy groups -OCH3 is 1. The van der Waals surface area contributed by atoms with Crippen molar-refractivity contribution in [3.8, 4) is 11.5 Å². The third kappa shape index (κ3) is 8.80. The van der Waals surface area contributed by atoms with Crippen molar-refractivity contribution in [1.82, 2.24) is 10.3 Å². The Morgan fingerprint density at radius 2 is 1.30 bits per heavy atom. The number of benzene rings is 2. The summed E-state index contributed by atoms with van der Waals surface area (Å²) in [6, 6.07) is 17.2. The van der Waals surface area contributed by atoms with Crippen molar-refractivity contribution in [2.45, 2.75) is 78.4 Å². The lowest BCUT2D eigenvalue weighted by atomic mass is 9.85. The first-order valence-electron chi connectivity index (χ1n) is 14.4. The van der Waals surface area contributed by atoms with Gasteiger partial charge in [0.2, 0.25) is 6.79 Å². The molecule has 2 aromatic carbocycles. The molecule has 0 radical (unpaired) electrons. The molecular formula is C34H42N2O7. The lowest BCUT2D eigenvalue weighted by Crippen LogP contribution is -2.41. The van der Waals surface area contributed by atoms with Gasteiger partial charge in [0, 0.05) is 25.1 Å². The molecule has 0 aliphatic rings. The number of nitrogens with zero attached hydrogens (tertiary/aromatic N) is 1. The van der Waals surface area contributed by atoms with Crippen LogP contribution in [-0.2, 0) is 19.1 Å². The van der Waals surface area contributed by atoms with Crippen LogP contribution in [0.1, 0.15) is 99.0 Å². The molecule has 0 fully saturated rings. The molecule has 0 saturated heterocycles. The van der Waals surface area contributed by atoms with Gasteiger partial charge in [0.25, 0.3) is 5.91 Å². The van der Waals surface area contributed by atoms with E-state index in [0.717, 1.165) is 11.1 Å². The standard InChI is InChI=1S/C34H42N2O7/c1-20(2)25-9-13-27(14-10-25)30(28-15-11-26(12-16-28)21(3)4)23(6)43-34(39)22(5)36-33(38)31-32(42-19-41-24(7)37)29(40-8)17-18-35-31/h9-18,20-23,30H,19H2,1-8H3,(H,36,38)/t22-,23-/m0/s1. The normalized spacial score (nSPS) is 12.5. The number of pyridine rings is 1. The highest BCUT2D eigenvalue weighted by Gasteiger charge is 2.29. The highest BCUT2D eigenvalue weighted by Crippen LogP contribution is 2.33. The molecule has 2 atom stereocenters. The highest BCUT2D eigenvalue weighted by molar-refractivity contribution is 5.98. The molecule has 1 heterocycles. The van der Waals surface area contributed by atoms with Crippen LogP contribution in [0.5, 0.6) is 11.5 Å². The number of amides is 1. The number of carbonyl (C=O) groups is 3. The highest BCUT2D eigenvalue weighted by atomic mass is 16.7. The number of hydrogen-bond donors (Lipinski definition) is 1. The molecule has 230 valence electrons. The fourth-order valence-corrected chi connectivity index (χ4v) is 4.65. The van der Waals surface area contributed by atoms with Gasteiger partial charge in [-0.25, -0.2) is 9.78 Å². The van der Waals surface area contributed by atoms with Crippen molar-refractivity contribution in [1.29, 1.82) is 0 Å². The summed E-state index contributed by atoms with van der Waals surface area (Å²) in [6.07, 6.45) is 0.830. The van der Waals surface area contributed by atoms with Crippen LogP contribution in [0.4, 0.5) is 0 Å². The van der Waals surface area contributed by atoms with Crippen LogP contribution in [0.3, 0.4) is 0 Å². The minimum absolute atomic E-state index is 0.0209. The Kier molecular flexibility index (Phi) is 11.7. The zero-order chi connectivity index (χ0) is 31.7. The number of esters is 2. The van der Waals surface area contributed by atoms with Crippen molar-refractivity contribution in [3.63, 3.8) is 0 Å². The molecule has 3 rings (SSSR count). The molecule has 1 N–H and O–H groups in total. The molecule has 0 spiro atoms. The molecule has 1 amide bonds. The maximum Gasteiger partial charge on any atom is 0.328 e. The van der Waals surface area contributed by atoms with Gasteiger partial charge in [0.15, 0.2) is 17.2 Å². The third-order valence-corrected chi connectivity index (χ3v) is 7.17. The predicted molar refractivity (Wildman–Crippen MR) is 163 cm³/mol. The van der Waals surface area contributed by atoms with Crippen LogP contribution in [0.15, 0.2) is 60.8 Å². The van der Waals surface area contributed by atoms with E-state index in [-0.39, 0.29) is 23.1 Å². The Balaban J connectivity index is 1.80. The first kappa shape index (κ1) is 33.1. The van der Waals surface area contributed by atoms with Crippen LogP contribution in [0.2, 0.25) is 0 Å². The van der Waals surface area contributed by atoms with E-state index < -0.39 is 36.8 Å². The zero-order valence-electron chi connectivity index (χ0n) is 26.2. The number of aromatic nitrogens is 1. The van der Waals surface area contributed by atoms with Gasteiger partial charge in [-0.1, -0.05) is 76.2 Å². The first-order chi connectivity index (χ1) is 20.4. The van der Waals surface area contributed by atoms with Crippen LogP contribution in [0, 0.1) is 0 Å². The van der Waals surface area contributed by atoms with Gasteiger partial charge >= 0.3 is 11.9 Å². The largest absolute Gasteiger partial charge is 0.493 e. The molecular weight excluding hydrogens is 548 g/mol. The minimum Gasteiger partial charge on any atom is -0.493 e. The van der Waals surface area contributed by atoms with Gasteiger partial charge in [0.1, 0.15) is 12.1 Å². The van der Waals surface area contributed by atoms with Gasteiger partial charge < -0.3 is 24.3 Å². The fourth-order valence-electron chi connectivity index (χ4n) is 4.65. The molecule has 0 bridgehead atoms. The van der Waals surface area contributed by atoms with E-state index >= 15 is 0 Å². The molecule has 1 aromatic heterocycles. The summed E-state index contributed by atoms with van der Waals surface area (Å²) in [5.41, 5.74) is 4.36. The monoisotopic (exact) mass is 590 g/mol. The van der Waals surface area contributed by atoms with Crippen molar-refractivity contribution < 1.29 is 33.3 Å². The lowest BCUT2D eigenvalue weighted by Gasteiger charge is -2.27. The maximum atomic E-state index is 13.3. The van der Waals surface area contributed by atoms with E-state index in [1.807, 2.05) is 6.92 Å². The second-order valence-electron chi connectivity index (χ2n) is 11.0. The summed E-state index contributed by atoms with van der Waals surface area (Å²) in [6.45, 7) is 12.8. The SMILES string of the molecule is COc1ccnc(C(=O)N[C@@H](C)C(=O)O[C@@H](C)C(c2ccc(C(C)C)cc2)c2ccc(C(C)C)cc2)c1OCOC(C)=O. The average molecular weight is 591 g/mol. The van der Waals surface area contributed by atoms with E-state index in [2.05, 4.69) is 86.5 Å². The Morgan fingerprint density at radius 1 is 0.791 bits per heavy atom. The van der Waals surface area contributed by atoms with Crippen LogP contribution >= 0.6 is 0 Å². The molecule has 0 unspecified atom stereocenters. The topological polar surface area (TPSA) is 113 Å². The van der Waals surface area contributed by atoms with E-state index in [1.54, 1.807) is 0 Å². The Morgan fingerprint density at radius 3 is 1.77 bits per heavy atom. The van der Waals surface area contributed by atoms with Crippen molar-refractivity contribution in [3.05, 3.63) is 88.7 Å². The van der Waals surface area contributed by atoms with Crippen molar-refractivity contribution in [2.75, 3.05) is 13.9 Å². The number of ether oxygens (including phenoxy) is 4. The van der Waals surface area contributed by atoms with Crippen molar-refractivity contribution >= 4 is 17.8 Å². The molecule has 0 saturated carbocycles. The summed E-state index contributed by atoms with van der Waals surface area (Å²) in [4.78, 5) is 41.7. The van der Waals surface area contributed by atoms with E-state index in [4.69, 9.17) is 18.9 Å². The van der Waals surface area contributed by atoms with Gasteiger partial charge in [-0.2, -0.15) is 0 Å². The second kappa shape index (κ2) is 15.2. The molecule has 3 aromatic rings. The summed E-state index contributed by atoms with van der Waals surface area (Å²) < 4.78 is 21.5. The average Bonchev–Trinajstić information content (AvgIpc) is 2.97. The number of rotatable bonds is 13. The van der Waals surface area contributed by atoms with E-state index in [1.165, 1.54) is 44.3 Å².